The van der Waals surface area contributed by atoms with Gasteiger partial charge >= 0.3 is 5.97 Å². The minimum Gasteiger partial charge on any atom is -0.493 e. The number of carbonyl (C=O) groups is 1. The molecule has 0 spiro atoms. The van der Waals surface area contributed by atoms with E-state index in [0.717, 1.165) is 24.7 Å². The zero-order valence-electron chi connectivity index (χ0n) is 16.8. The largest absolute Gasteiger partial charge is 0.493 e. The van der Waals surface area contributed by atoms with Crippen molar-refractivity contribution in [1.82, 2.24) is 0 Å². The van der Waals surface area contributed by atoms with Crippen molar-refractivity contribution in [2.45, 2.75) is 38.5 Å². The molecule has 0 aliphatic heterocycles. The molecule has 2 aliphatic rings. The van der Waals surface area contributed by atoms with Crippen molar-refractivity contribution in [2.24, 2.45) is 23.7 Å². The maximum absolute atomic E-state index is 12.1. The fourth-order valence-electron chi connectivity index (χ4n) is 4.45. The Morgan fingerprint density at radius 2 is 1.86 bits per heavy atom. The normalized spacial score (nSPS) is 22.9. The highest BCUT2D eigenvalue weighted by atomic mass is 16.5. The molecular weight excluding hydrogens is 348 g/mol. The van der Waals surface area contributed by atoms with E-state index in [4.69, 9.17) is 9.47 Å². The van der Waals surface area contributed by atoms with Gasteiger partial charge in [0.15, 0.2) is 0 Å². The summed E-state index contributed by atoms with van der Waals surface area (Å²) in [6.45, 7) is 2.77. The van der Waals surface area contributed by atoms with Gasteiger partial charge in [-0.25, -0.2) is 0 Å². The van der Waals surface area contributed by atoms with Gasteiger partial charge in [-0.05, 0) is 72.6 Å². The summed E-state index contributed by atoms with van der Waals surface area (Å²) in [7, 11) is 1.48. The number of rotatable bonds is 9. The number of benzene rings is 2. The third-order valence-electron chi connectivity index (χ3n) is 6.36. The fraction of sp³-hybridized carbons (Fsp3) is 0.480. The van der Waals surface area contributed by atoms with Gasteiger partial charge in [0, 0.05) is 0 Å². The Bertz CT molecular complexity index is 796. The average Bonchev–Trinajstić information content (AvgIpc) is 3.65. The molecule has 3 heteroatoms. The lowest BCUT2D eigenvalue weighted by Gasteiger charge is -2.23. The van der Waals surface area contributed by atoms with Gasteiger partial charge in [-0.3, -0.25) is 4.79 Å². The molecule has 3 nitrogen and oxygen atoms in total. The molecule has 2 aromatic rings. The molecule has 4 atom stereocenters. The first-order chi connectivity index (χ1) is 13.7. The van der Waals surface area contributed by atoms with Crippen molar-refractivity contribution in [3.63, 3.8) is 0 Å². The fourth-order valence-corrected chi connectivity index (χ4v) is 4.45. The van der Waals surface area contributed by atoms with E-state index in [1.807, 2.05) is 13.0 Å². The molecule has 0 amide bonds. The molecule has 2 fully saturated rings. The SMILES string of the molecule is COC(=O)C(C)C(c1cccc(OCC2CC2Cc2ccccc2)c1)C1CC1. The Morgan fingerprint density at radius 1 is 1.07 bits per heavy atom. The summed E-state index contributed by atoms with van der Waals surface area (Å²) in [4.78, 5) is 12.1. The van der Waals surface area contributed by atoms with Crippen molar-refractivity contribution in [2.75, 3.05) is 13.7 Å². The topological polar surface area (TPSA) is 35.5 Å². The molecule has 28 heavy (non-hydrogen) atoms. The van der Waals surface area contributed by atoms with Crippen LogP contribution in [0.5, 0.6) is 5.75 Å². The van der Waals surface area contributed by atoms with Gasteiger partial charge in [-0.2, -0.15) is 0 Å². The molecule has 148 valence electrons. The maximum Gasteiger partial charge on any atom is 0.309 e. The molecule has 0 saturated heterocycles. The van der Waals surface area contributed by atoms with Crippen LogP contribution in [0.2, 0.25) is 0 Å². The van der Waals surface area contributed by atoms with Gasteiger partial charge < -0.3 is 9.47 Å². The van der Waals surface area contributed by atoms with Crippen LogP contribution in [0, 0.1) is 23.7 Å². The summed E-state index contributed by atoms with van der Waals surface area (Å²) in [5.41, 5.74) is 2.62. The van der Waals surface area contributed by atoms with Gasteiger partial charge in [0.25, 0.3) is 0 Å². The van der Waals surface area contributed by atoms with Crippen LogP contribution in [-0.4, -0.2) is 19.7 Å². The van der Waals surface area contributed by atoms with Crippen molar-refractivity contribution in [1.29, 1.82) is 0 Å². The van der Waals surface area contributed by atoms with E-state index < -0.39 is 0 Å². The Balaban J connectivity index is 1.34. The van der Waals surface area contributed by atoms with Crippen molar-refractivity contribution >= 4 is 5.97 Å². The molecular formula is C25H30O3. The molecule has 0 radical (unpaired) electrons. The van der Waals surface area contributed by atoms with Gasteiger partial charge in [0.2, 0.25) is 0 Å². The summed E-state index contributed by atoms with van der Waals surface area (Å²) in [6, 6.07) is 19.1. The minimum absolute atomic E-state index is 0.119. The van der Waals surface area contributed by atoms with Crippen LogP contribution in [0.4, 0.5) is 0 Å². The van der Waals surface area contributed by atoms with Crippen LogP contribution < -0.4 is 4.74 Å². The predicted molar refractivity (Wildman–Crippen MR) is 110 cm³/mol. The second-order valence-electron chi connectivity index (χ2n) is 8.50. The molecule has 2 aromatic carbocycles. The first-order valence-corrected chi connectivity index (χ1v) is 10.5. The Hall–Kier alpha value is -2.29. The molecule has 4 rings (SSSR count). The van der Waals surface area contributed by atoms with E-state index in [9.17, 15) is 4.79 Å². The van der Waals surface area contributed by atoms with E-state index in [-0.39, 0.29) is 17.8 Å². The number of ether oxygens (including phenoxy) is 2. The highest BCUT2D eigenvalue weighted by Crippen LogP contribution is 2.47. The average molecular weight is 379 g/mol. The third kappa shape index (κ3) is 4.57. The van der Waals surface area contributed by atoms with E-state index in [2.05, 4.69) is 48.5 Å². The van der Waals surface area contributed by atoms with E-state index in [0.29, 0.717) is 11.8 Å². The summed E-state index contributed by atoms with van der Waals surface area (Å²) in [5.74, 6) is 2.88. The van der Waals surface area contributed by atoms with E-state index in [1.54, 1.807) is 0 Å². The molecule has 2 saturated carbocycles. The predicted octanol–water partition coefficient (Wildman–Crippen LogP) is 5.25. The summed E-state index contributed by atoms with van der Waals surface area (Å²) in [6.07, 6.45) is 4.79. The first kappa shape index (κ1) is 19.0. The standard InChI is InChI=1S/C25H30O3/c1-17(25(26)27-2)24(19-11-12-19)20-9-6-10-23(15-20)28-16-22-14-21(22)13-18-7-4-3-5-8-18/h3-10,15,17,19,21-22,24H,11-14,16H2,1-2H3. The number of esters is 1. The highest BCUT2D eigenvalue weighted by Gasteiger charge is 2.39. The second kappa shape index (κ2) is 8.38. The molecule has 0 heterocycles. The van der Waals surface area contributed by atoms with Crippen LogP contribution in [0.3, 0.4) is 0 Å². The lowest BCUT2D eigenvalue weighted by Crippen LogP contribution is -2.22. The van der Waals surface area contributed by atoms with Gasteiger partial charge in [-0.1, -0.05) is 49.4 Å². The number of hydrogen-bond acceptors (Lipinski definition) is 3. The van der Waals surface area contributed by atoms with Crippen molar-refractivity contribution < 1.29 is 14.3 Å². The lowest BCUT2D eigenvalue weighted by atomic mass is 9.83. The highest BCUT2D eigenvalue weighted by molar-refractivity contribution is 5.73. The quantitative estimate of drug-likeness (QED) is 0.559. The first-order valence-electron chi connectivity index (χ1n) is 10.5. The zero-order chi connectivity index (χ0) is 19.5. The Labute approximate surface area is 168 Å². The molecule has 0 bridgehead atoms. The van der Waals surface area contributed by atoms with Crippen LogP contribution in [0.15, 0.2) is 54.6 Å². The lowest BCUT2D eigenvalue weighted by molar-refractivity contribution is -0.145. The van der Waals surface area contributed by atoms with Crippen LogP contribution in [0.1, 0.15) is 43.2 Å². The van der Waals surface area contributed by atoms with Gasteiger partial charge in [0.05, 0.1) is 19.6 Å². The summed E-state index contributed by atoms with van der Waals surface area (Å²) < 4.78 is 11.1. The number of hydrogen-bond donors (Lipinski definition) is 0. The zero-order valence-corrected chi connectivity index (χ0v) is 16.8. The smallest absolute Gasteiger partial charge is 0.309 e. The van der Waals surface area contributed by atoms with E-state index in [1.165, 1.54) is 37.5 Å². The summed E-state index contributed by atoms with van der Waals surface area (Å²) >= 11 is 0. The van der Waals surface area contributed by atoms with E-state index >= 15 is 0 Å². The van der Waals surface area contributed by atoms with Crippen LogP contribution in [-0.2, 0) is 16.0 Å². The molecule has 2 aliphatic carbocycles. The van der Waals surface area contributed by atoms with Crippen LogP contribution >= 0.6 is 0 Å². The van der Waals surface area contributed by atoms with Crippen molar-refractivity contribution in [3.05, 3.63) is 65.7 Å². The molecule has 4 unspecified atom stereocenters. The number of methoxy groups -OCH3 is 1. The third-order valence-corrected chi connectivity index (χ3v) is 6.36. The molecule has 0 N–H and O–H groups in total. The Morgan fingerprint density at radius 3 is 2.57 bits per heavy atom. The number of carbonyl (C=O) groups excluding carboxylic acids is 1. The van der Waals surface area contributed by atoms with Crippen molar-refractivity contribution in [3.8, 4) is 5.75 Å². The van der Waals surface area contributed by atoms with Gasteiger partial charge in [-0.15, -0.1) is 0 Å². The Kier molecular flexibility index (Phi) is 5.70. The second-order valence-corrected chi connectivity index (χ2v) is 8.50. The molecule has 0 aromatic heterocycles. The van der Waals surface area contributed by atoms with Crippen LogP contribution in [0.25, 0.3) is 0 Å². The summed E-state index contributed by atoms with van der Waals surface area (Å²) in [5, 5.41) is 0. The van der Waals surface area contributed by atoms with Gasteiger partial charge in [0.1, 0.15) is 5.75 Å². The minimum atomic E-state index is -0.120. The monoisotopic (exact) mass is 378 g/mol. The maximum atomic E-state index is 12.1.